The van der Waals surface area contributed by atoms with Gasteiger partial charge in [0.15, 0.2) is 0 Å². The monoisotopic (exact) mass is 414 g/mol. The highest BCUT2D eigenvalue weighted by molar-refractivity contribution is 7.14. The van der Waals surface area contributed by atoms with Crippen LogP contribution in [0, 0.1) is 0 Å². The molecule has 8 heteroatoms. The normalized spacial score (nSPS) is 14.8. The first-order valence-corrected chi connectivity index (χ1v) is 10.9. The predicted molar refractivity (Wildman–Crippen MR) is 114 cm³/mol. The maximum atomic E-state index is 12.5. The van der Waals surface area contributed by atoms with Crippen LogP contribution in [0.2, 0.25) is 0 Å². The van der Waals surface area contributed by atoms with E-state index in [1.165, 1.54) is 4.88 Å². The van der Waals surface area contributed by atoms with Crippen molar-refractivity contribution < 1.29 is 9.53 Å². The van der Waals surface area contributed by atoms with Crippen molar-refractivity contribution in [1.82, 2.24) is 14.8 Å². The van der Waals surface area contributed by atoms with Crippen molar-refractivity contribution in [3.63, 3.8) is 0 Å². The predicted octanol–water partition coefficient (Wildman–Crippen LogP) is 4.23. The largest absolute Gasteiger partial charge is 0.497 e. The average molecular weight is 415 g/mol. The van der Waals surface area contributed by atoms with Crippen LogP contribution in [0.1, 0.15) is 5.01 Å². The fourth-order valence-electron chi connectivity index (χ4n) is 3.12. The zero-order valence-electron chi connectivity index (χ0n) is 15.6. The van der Waals surface area contributed by atoms with E-state index in [1.54, 1.807) is 29.8 Å². The molecule has 146 valence electrons. The number of piperazine rings is 1. The molecule has 0 atom stereocenters. The first-order chi connectivity index (χ1) is 13.7. The number of ether oxygens (including phenoxy) is 1. The molecule has 3 aromatic rings. The molecule has 6 nitrogen and oxygen atoms in total. The Balaban J connectivity index is 1.28. The molecule has 0 saturated carbocycles. The van der Waals surface area contributed by atoms with Crippen molar-refractivity contribution in [2.24, 2.45) is 0 Å². The summed E-state index contributed by atoms with van der Waals surface area (Å²) < 4.78 is 5.20. The molecule has 0 bridgehead atoms. The number of aromatic nitrogens is 1. The van der Waals surface area contributed by atoms with Crippen LogP contribution in [0.25, 0.3) is 10.6 Å². The molecule has 0 radical (unpaired) electrons. The molecule has 1 fully saturated rings. The maximum Gasteiger partial charge on any atom is 0.321 e. The lowest BCUT2D eigenvalue weighted by atomic mass is 10.3. The number of nitrogens with zero attached hydrogens (tertiary/aromatic N) is 3. The van der Waals surface area contributed by atoms with E-state index in [4.69, 9.17) is 9.72 Å². The van der Waals surface area contributed by atoms with Gasteiger partial charge >= 0.3 is 6.03 Å². The van der Waals surface area contributed by atoms with Gasteiger partial charge in [-0.05, 0) is 23.6 Å². The summed E-state index contributed by atoms with van der Waals surface area (Å²) in [6.45, 7) is 3.94. The van der Waals surface area contributed by atoms with Gasteiger partial charge in [0.25, 0.3) is 0 Å². The number of carbonyl (C=O) groups excluding carboxylic acids is 1. The van der Waals surface area contributed by atoms with Crippen LogP contribution in [0.3, 0.4) is 0 Å². The second-order valence-corrected chi connectivity index (χ2v) is 8.42. The lowest BCUT2D eigenvalue weighted by Crippen LogP contribution is -2.49. The topological polar surface area (TPSA) is 57.7 Å². The molecule has 28 heavy (non-hydrogen) atoms. The Hall–Kier alpha value is -2.42. The number of carbonyl (C=O) groups is 1. The molecule has 1 aliphatic rings. The Labute approximate surface area is 172 Å². The van der Waals surface area contributed by atoms with Gasteiger partial charge in [-0.15, -0.1) is 22.7 Å². The molecule has 0 spiro atoms. The quantitative estimate of drug-likeness (QED) is 0.679. The molecular formula is C20H22N4O2S2. The molecule has 1 aromatic carbocycles. The number of thiophene rings is 1. The van der Waals surface area contributed by atoms with Crippen LogP contribution in [-0.2, 0) is 6.54 Å². The van der Waals surface area contributed by atoms with Gasteiger partial charge in [-0.3, -0.25) is 4.90 Å². The van der Waals surface area contributed by atoms with Crippen molar-refractivity contribution >= 4 is 34.4 Å². The van der Waals surface area contributed by atoms with Crippen LogP contribution < -0.4 is 10.1 Å². The third-order valence-electron chi connectivity index (χ3n) is 4.66. The van der Waals surface area contributed by atoms with Crippen molar-refractivity contribution in [2.75, 3.05) is 38.6 Å². The highest BCUT2D eigenvalue weighted by Gasteiger charge is 2.22. The number of hydrogen-bond donors (Lipinski definition) is 1. The summed E-state index contributed by atoms with van der Waals surface area (Å²) >= 11 is 3.42. The zero-order chi connectivity index (χ0) is 19.3. The van der Waals surface area contributed by atoms with Crippen molar-refractivity contribution in [2.45, 2.75) is 6.54 Å². The molecule has 0 unspecified atom stereocenters. The molecule has 3 heterocycles. The van der Waals surface area contributed by atoms with Crippen LogP contribution in [0.4, 0.5) is 10.5 Å². The number of methoxy groups -OCH3 is 1. The van der Waals surface area contributed by atoms with E-state index in [9.17, 15) is 4.79 Å². The van der Waals surface area contributed by atoms with Gasteiger partial charge in [0.05, 0.1) is 24.2 Å². The Morgan fingerprint density at radius 3 is 2.79 bits per heavy atom. The molecular weight excluding hydrogens is 392 g/mol. The number of nitrogens with one attached hydrogen (secondary N) is 1. The second kappa shape index (κ2) is 8.72. The molecule has 2 aromatic heterocycles. The van der Waals surface area contributed by atoms with Gasteiger partial charge in [-0.2, -0.15) is 0 Å². The molecule has 1 aliphatic heterocycles. The number of benzene rings is 1. The fraction of sp³-hybridized carbons (Fsp3) is 0.300. The summed E-state index contributed by atoms with van der Waals surface area (Å²) in [5.74, 6) is 0.730. The van der Waals surface area contributed by atoms with Crippen LogP contribution in [0.5, 0.6) is 5.75 Å². The SMILES string of the molecule is COc1cccc(NC(=O)N2CCN(Cc3nc(-c4cccs4)cs3)CC2)c1. The maximum absolute atomic E-state index is 12.5. The summed E-state index contributed by atoms with van der Waals surface area (Å²) in [4.78, 5) is 22.7. The third-order valence-corrected chi connectivity index (χ3v) is 6.39. The molecule has 1 N–H and O–H groups in total. The van der Waals surface area contributed by atoms with Gasteiger partial charge in [-0.25, -0.2) is 9.78 Å². The van der Waals surface area contributed by atoms with Gasteiger partial charge in [0.2, 0.25) is 0 Å². The van der Waals surface area contributed by atoms with Crippen LogP contribution in [-0.4, -0.2) is 54.1 Å². The standard InChI is InChI=1S/C20H22N4O2S2/c1-26-16-5-2-4-15(12-16)21-20(25)24-9-7-23(8-10-24)13-19-22-17(14-28-19)18-6-3-11-27-18/h2-6,11-12,14H,7-10,13H2,1H3,(H,21,25). The first kappa shape index (κ1) is 18.9. The highest BCUT2D eigenvalue weighted by Crippen LogP contribution is 2.26. The van der Waals surface area contributed by atoms with Crippen molar-refractivity contribution in [1.29, 1.82) is 0 Å². The van der Waals surface area contributed by atoms with Gasteiger partial charge < -0.3 is 15.0 Å². The van der Waals surface area contributed by atoms with Crippen molar-refractivity contribution in [3.05, 3.63) is 52.2 Å². The fourth-order valence-corrected chi connectivity index (χ4v) is 4.72. The molecule has 0 aliphatic carbocycles. The summed E-state index contributed by atoms with van der Waals surface area (Å²) in [5.41, 5.74) is 1.81. The number of hydrogen-bond acceptors (Lipinski definition) is 6. The highest BCUT2D eigenvalue weighted by atomic mass is 32.1. The lowest BCUT2D eigenvalue weighted by molar-refractivity contribution is 0.143. The van der Waals surface area contributed by atoms with E-state index in [0.717, 1.165) is 41.8 Å². The van der Waals surface area contributed by atoms with E-state index >= 15 is 0 Å². The third kappa shape index (κ3) is 4.52. The van der Waals surface area contributed by atoms with Gasteiger partial charge in [0, 0.05) is 43.3 Å². The number of amides is 2. The molecule has 2 amide bonds. The van der Waals surface area contributed by atoms with E-state index < -0.39 is 0 Å². The Morgan fingerprint density at radius 2 is 2.04 bits per heavy atom. The minimum atomic E-state index is -0.0675. The number of rotatable bonds is 5. The van der Waals surface area contributed by atoms with E-state index in [2.05, 4.69) is 33.1 Å². The van der Waals surface area contributed by atoms with Gasteiger partial charge in [0.1, 0.15) is 10.8 Å². The Kier molecular flexibility index (Phi) is 5.90. The molecule has 4 rings (SSSR count). The smallest absolute Gasteiger partial charge is 0.321 e. The van der Waals surface area contributed by atoms with Crippen LogP contribution in [0.15, 0.2) is 47.2 Å². The summed E-state index contributed by atoms with van der Waals surface area (Å²) in [7, 11) is 1.62. The minimum Gasteiger partial charge on any atom is -0.497 e. The number of thiazole rings is 1. The lowest BCUT2D eigenvalue weighted by Gasteiger charge is -2.34. The van der Waals surface area contributed by atoms with E-state index in [1.807, 2.05) is 29.2 Å². The average Bonchev–Trinajstić information content (AvgIpc) is 3.40. The molecule has 1 saturated heterocycles. The minimum absolute atomic E-state index is 0.0675. The first-order valence-electron chi connectivity index (χ1n) is 9.12. The summed E-state index contributed by atoms with van der Waals surface area (Å²) in [6.07, 6.45) is 0. The second-order valence-electron chi connectivity index (χ2n) is 6.53. The summed E-state index contributed by atoms with van der Waals surface area (Å²) in [6, 6.07) is 11.5. The Bertz CT molecular complexity index is 918. The Morgan fingerprint density at radius 1 is 1.18 bits per heavy atom. The van der Waals surface area contributed by atoms with Crippen molar-refractivity contribution in [3.8, 4) is 16.3 Å². The van der Waals surface area contributed by atoms with Crippen LogP contribution >= 0.6 is 22.7 Å². The number of urea groups is 1. The zero-order valence-corrected chi connectivity index (χ0v) is 17.3. The van der Waals surface area contributed by atoms with E-state index in [0.29, 0.717) is 13.1 Å². The van der Waals surface area contributed by atoms with Gasteiger partial charge in [-0.1, -0.05) is 12.1 Å². The van der Waals surface area contributed by atoms with E-state index in [-0.39, 0.29) is 6.03 Å². The number of anilines is 1. The summed E-state index contributed by atoms with van der Waals surface area (Å²) in [5, 5.41) is 8.27.